The average molecular weight is 388 g/mol. The summed E-state index contributed by atoms with van der Waals surface area (Å²) >= 11 is 0. The summed E-state index contributed by atoms with van der Waals surface area (Å²) in [6, 6.07) is 11.2. The monoisotopic (exact) mass is 388 g/mol. The van der Waals surface area contributed by atoms with E-state index in [0.717, 1.165) is 10.8 Å². The van der Waals surface area contributed by atoms with Crippen molar-refractivity contribution in [1.29, 1.82) is 0 Å². The van der Waals surface area contributed by atoms with E-state index in [4.69, 9.17) is 18.9 Å². The van der Waals surface area contributed by atoms with E-state index in [0.29, 0.717) is 24.7 Å². The Balaban J connectivity index is 1.99. The highest BCUT2D eigenvalue weighted by Crippen LogP contribution is 2.33. The Kier molecular flexibility index (Phi) is 9.51. The molecule has 0 radical (unpaired) electrons. The van der Waals surface area contributed by atoms with Crippen molar-refractivity contribution in [3.8, 4) is 11.5 Å². The molecule has 0 fully saturated rings. The molecule has 152 valence electrons. The van der Waals surface area contributed by atoms with Crippen LogP contribution in [0, 0.1) is 0 Å². The molecule has 6 nitrogen and oxygen atoms in total. The van der Waals surface area contributed by atoms with Crippen LogP contribution >= 0.6 is 0 Å². The van der Waals surface area contributed by atoms with Crippen molar-refractivity contribution in [2.24, 2.45) is 0 Å². The second-order valence-corrected chi connectivity index (χ2v) is 6.19. The number of ether oxygens (including phenoxy) is 4. The molecule has 0 saturated carbocycles. The molecule has 0 amide bonds. The summed E-state index contributed by atoms with van der Waals surface area (Å²) in [5.41, 5.74) is 0. The van der Waals surface area contributed by atoms with Gasteiger partial charge in [-0.1, -0.05) is 36.4 Å². The van der Waals surface area contributed by atoms with Gasteiger partial charge in [0.25, 0.3) is 0 Å². The molecule has 2 unspecified atom stereocenters. The van der Waals surface area contributed by atoms with Gasteiger partial charge in [0, 0.05) is 10.8 Å². The highest BCUT2D eigenvalue weighted by molar-refractivity contribution is 5.93. The summed E-state index contributed by atoms with van der Waals surface area (Å²) in [7, 11) is 0. The Bertz CT molecular complexity index is 682. The molecule has 2 aromatic rings. The van der Waals surface area contributed by atoms with Gasteiger partial charge < -0.3 is 29.2 Å². The van der Waals surface area contributed by atoms with Gasteiger partial charge in [-0.3, -0.25) is 0 Å². The van der Waals surface area contributed by atoms with E-state index < -0.39 is 12.2 Å². The summed E-state index contributed by atoms with van der Waals surface area (Å²) in [6.07, 6.45) is 1.78. The van der Waals surface area contributed by atoms with Crippen LogP contribution in [-0.4, -0.2) is 62.1 Å². The number of aliphatic hydroxyl groups excluding tert-OH is 2. The highest BCUT2D eigenvalue weighted by Gasteiger charge is 2.12. The summed E-state index contributed by atoms with van der Waals surface area (Å²) in [5, 5.41) is 21.6. The van der Waals surface area contributed by atoms with Gasteiger partial charge in [0.2, 0.25) is 0 Å². The molecule has 0 aliphatic carbocycles. The molecule has 0 aliphatic heterocycles. The molecular weight excluding hydrogens is 360 g/mol. The Hall–Kier alpha value is -2.38. The molecule has 2 atom stereocenters. The Morgan fingerprint density at radius 1 is 0.714 bits per heavy atom. The van der Waals surface area contributed by atoms with E-state index >= 15 is 0 Å². The van der Waals surface area contributed by atoms with Crippen molar-refractivity contribution < 1.29 is 29.2 Å². The van der Waals surface area contributed by atoms with Gasteiger partial charge in [0.15, 0.2) is 0 Å². The number of benzene rings is 2. The minimum atomic E-state index is -0.736. The summed E-state index contributed by atoms with van der Waals surface area (Å²) in [4.78, 5) is 0. The number of aliphatic hydroxyl groups is 2. The maximum Gasteiger partial charge on any atom is 0.127 e. The Morgan fingerprint density at radius 2 is 1.14 bits per heavy atom. The predicted octanol–water partition coefficient (Wildman–Crippen LogP) is 2.72. The molecule has 0 saturated heterocycles. The minimum Gasteiger partial charge on any atom is -0.490 e. The van der Waals surface area contributed by atoms with Crippen LogP contribution < -0.4 is 9.47 Å². The molecule has 6 heteroatoms. The Morgan fingerprint density at radius 3 is 1.54 bits per heavy atom. The average Bonchev–Trinajstić information content (AvgIpc) is 2.71. The molecule has 28 heavy (non-hydrogen) atoms. The van der Waals surface area contributed by atoms with Crippen molar-refractivity contribution in [3.63, 3.8) is 0 Å². The first-order chi connectivity index (χ1) is 13.7. The minimum absolute atomic E-state index is 0.112. The molecule has 2 aromatic carbocycles. The van der Waals surface area contributed by atoms with Gasteiger partial charge in [0.05, 0.1) is 26.4 Å². The van der Waals surface area contributed by atoms with Crippen molar-refractivity contribution in [2.75, 3.05) is 39.6 Å². The molecular formula is C22H28O6. The number of hydrogen-bond donors (Lipinski definition) is 2. The SMILES string of the molecule is C=CCOCC(O)COc1ccc(OCC(O)COCC=C)c2ccccc12. The molecule has 0 aliphatic rings. The van der Waals surface area contributed by atoms with Gasteiger partial charge in [0.1, 0.15) is 36.9 Å². The van der Waals surface area contributed by atoms with E-state index in [1.165, 1.54) is 0 Å². The van der Waals surface area contributed by atoms with Crippen molar-refractivity contribution in [1.82, 2.24) is 0 Å². The molecule has 0 bridgehead atoms. The standard InChI is InChI=1S/C22H28O6/c1-3-11-25-13-17(23)15-27-21-9-10-22(20-8-6-5-7-19(20)21)28-16-18(24)14-26-12-4-2/h3-10,17-18,23-24H,1-2,11-16H2. The van der Waals surface area contributed by atoms with E-state index in [2.05, 4.69) is 13.2 Å². The quantitative estimate of drug-likeness (QED) is 0.383. The number of rotatable bonds is 14. The highest BCUT2D eigenvalue weighted by atomic mass is 16.5. The largest absolute Gasteiger partial charge is 0.490 e. The van der Waals surface area contributed by atoms with Gasteiger partial charge >= 0.3 is 0 Å². The third-order valence-electron chi connectivity index (χ3n) is 3.80. The van der Waals surface area contributed by atoms with Crippen molar-refractivity contribution in [3.05, 3.63) is 61.7 Å². The fourth-order valence-electron chi connectivity index (χ4n) is 2.54. The fourth-order valence-corrected chi connectivity index (χ4v) is 2.54. The lowest BCUT2D eigenvalue weighted by atomic mass is 10.1. The van der Waals surface area contributed by atoms with Crippen LogP contribution in [0.5, 0.6) is 11.5 Å². The topological polar surface area (TPSA) is 77.4 Å². The number of fused-ring (bicyclic) bond motifs is 1. The molecule has 0 heterocycles. The third-order valence-corrected chi connectivity index (χ3v) is 3.80. The maximum atomic E-state index is 9.94. The van der Waals surface area contributed by atoms with Crippen LogP contribution in [0.2, 0.25) is 0 Å². The van der Waals surface area contributed by atoms with E-state index in [9.17, 15) is 10.2 Å². The van der Waals surface area contributed by atoms with Crippen LogP contribution in [0.1, 0.15) is 0 Å². The fraction of sp³-hybridized carbons (Fsp3) is 0.364. The Labute approximate surface area is 165 Å². The lowest BCUT2D eigenvalue weighted by Crippen LogP contribution is -2.24. The lowest BCUT2D eigenvalue weighted by molar-refractivity contribution is 0.0211. The van der Waals surface area contributed by atoms with Crippen LogP contribution in [-0.2, 0) is 9.47 Å². The first-order valence-corrected chi connectivity index (χ1v) is 9.16. The van der Waals surface area contributed by atoms with Crippen LogP contribution in [0.15, 0.2) is 61.7 Å². The van der Waals surface area contributed by atoms with Crippen LogP contribution in [0.3, 0.4) is 0 Å². The normalized spacial score (nSPS) is 13.1. The predicted molar refractivity (Wildman–Crippen MR) is 109 cm³/mol. The smallest absolute Gasteiger partial charge is 0.127 e. The first kappa shape index (κ1) is 21.9. The molecule has 0 aromatic heterocycles. The van der Waals surface area contributed by atoms with Crippen molar-refractivity contribution in [2.45, 2.75) is 12.2 Å². The van der Waals surface area contributed by atoms with Gasteiger partial charge in [-0.2, -0.15) is 0 Å². The van der Waals surface area contributed by atoms with Crippen molar-refractivity contribution >= 4 is 10.8 Å². The zero-order chi connectivity index (χ0) is 20.2. The van der Waals surface area contributed by atoms with Crippen LogP contribution in [0.4, 0.5) is 0 Å². The van der Waals surface area contributed by atoms with E-state index in [1.54, 1.807) is 24.3 Å². The zero-order valence-electron chi connectivity index (χ0n) is 16.0. The summed E-state index contributed by atoms with van der Waals surface area (Å²) < 4.78 is 22.0. The third kappa shape index (κ3) is 6.98. The summed E-state index contributed by atoms with van der Waals surface area (Å²) in [5.74, 6) is 1.28. The van der Waals surface area contributed by atoms with Gasteiger partial charge in [-0.25, -0.2) is 0 Å². The first-order valence-electron chi connectivity index (χ1n) is 9.16. The van der Waals surface area contributed by atoms with E-state index in [-0.39, 0.29) is 26.4 Å². The maximum absolute atomic E-state index is 9.94. The molecule has 0 spiro atoms. The molecule has 2 N–H and O–H groups in total. The second-order valence-electron chi connectivity index (χ2n) is 6.19. The van der Waals surface area contributed by atoms with E-state index in [1.807, 2.05) is 24.3 Å². The summed E-state index contributed by atoms with van der Waals surface area (Å²) in [6.45, 7) is 8.47. The number of hydrogen-bond acceptors (Lipinski definition) is 6. The lowest BCUT2D eigenvalue weighted by Gasteiger charge is -2.17. The second kappa shape index (κ2) is 12.2. The zero-order valence-corrected chi connectivity index (χ0v) is 16.0. The van der Waals surface area contributed by atoms with Gasteiger partial charge in [-0.05, 0) is 12.1 Å². The molecule has 2 rings (SSSR count). The van der Waals surface area contributed by atoms with Gasteiger partial charge in [-0.15, -0.1) is 13.2 Å². The van der Waals surface area contributed by atoms with Crippen LogP contribution in [0.25, 0.3) is 10.8 Å².